The van der Waals surface area contributed by atoms with Gasteiger partial charge in [0, 0.05) is 37.5 Å². The number of aryl methyl sites for hydroxylation is 1. The average Bonchev–Trinajstić information content (AvgIpc) is 2.97. The van der Waals surface area contributed by atoms with Crippen LogP contribution in [-0.2, 0) is 6.42 Å². The lowest BCUT2D eigenvalue weighted by atomic mass is 10.2. The zero-order valence-electron chi connectivity index (χ0n) is 13.6. The summed E-state index contributed by atoms with van der Waals surface area (Å²) in [7, 11) is 3.94. The summed E-state index contributed by atoms with van der Waals surface area (Å²) in [4.78, 5) is 22.1. The molecule has 0 bridgehead atoms. The van der Waals surface area contributed by atoms with Gasteiger partial charge < -0.3 is 15.2 Å². The van der Waals surface area contributed by atoms with Crippen LogP contribution in [0.25, 0.3) is 11.0 Å². The Balaban J connectivity index is 1.79. The second-order valence-electron chi connectivity index (χ2n) is 5.66. The summed E-state index contributed by atoms with van der Waals surface area (Å²) in [6, 6.07) is 13.2. The summed E-state index contributed by atoms with van der Waals surface area (Å²) in [5.74, 6) is 0.827. The maximum atomic E-state index is 12.3. The number of aromatic amines is 1. The number of hydrogen-bond acceptors (Lipinski definition) is 3. The smallest absolute Gasteiger partial charge is 0.255 e. The Labute approximate surface area is 135 Å². The third-order valence-electron chi connectivity index (χ3n) is 3.77. The predicted octanol–water partition coefficient (Wildman–Crippen LogP) is 3.44. The molecule has 0 fully saturated rings. The van der Waals surface area contributed by atoms with E-state index in [0.717, 1.165) is 34.7 Å². The summed E-state index contributed by atoms with van der Waals surface area (Å²) in [5, 5.41) is 2.93. The molecule has 1 aromatic heterocycles. The minimum atomic E-state index is -0.120. The molecule has 5 heteroatoms. The van der Waals surface area contributed by atoms with Gasteiger partial charge in [-0.3, -0.25) is 4.79 Å². The highest BCUT2D eigenvalue weighted by Gasteiger charge is 2.08. The molecule has 0 saturated carbocycles. The van der Waals surface area contributed by atoms with Crippen molar-refractivity contribution in [1.29, 1.82) is 0 Å². The first-order valence-corrected chi connectivity index (χ1v) is 7.64. The molecule has 0 unspecified atom stereocenters. The molecule has 5 nitrogen and oxygen atoms in total. The average molecular weight is 308 g/mol. The lowest BCUT2D eigenvalue weighted by Crippen LogP contribution is -2.13. The summed E-state index contributed by atoms with van der Waals surface area (Å²) < 4.78 is 0. The Kier molecular flexibility index (Phi) is 4.02. The zero-order chi connectivity index (χ0) is 16.4. The van der Waals surface area contributed by atoms with Gasteiger partial charge in [-0.1, -0.05) is 6.92 Å². The molecule has 0 aliphatic rings. The standard InChI is InChI=1S/C18H20N4O/c1-4-17-20-15-10-7-13(11-16(15)21-17)19-18(23)12-5-8-14(9-6-12)22(2)3/h5-11H,4H2,1-3H3,(H,19,23)(H,20,21). The van der Waals surface area contributed by atoms with E-state index in [4.69, 9.17) is 0 Å². The molecule has 0 spiro atoms. The van der Waals surface area contributed by atoms with Gasteiger partial charge in [-0.2, -0.15) is 0 Å². The highest BCUT2D eigenvalue weighted by molar-refractivity contribution is 6.05. The number of carbonyl (C=O) groups excluding carboxylic acids is 1. The molecule has 2 aromatic carbocycles. The van der Waals surface area contributed by atoms with Gasteiger partial charge in [-0.25, -0.2) is 4.98 Å². The van der Waals surface area contributed by atoms with Crippen molar-refractivity contribution in [3.05, 3.63) is 53.9 Å². The number of rotatable bonds is 4. The van der Waals surface area contributed by atoms with Gasteiger partial charge in [0.25, 0.3) is 5.91 Å². The zero-order valence-corrected chi connectivity index (χ0v) is 13.6. The van der Waals surface area contributed by atoms with Crippen LogP contribution in [0, 0.1) is 0 Å². The number of benzene rings is 2. The number of fused-ring (bicyclic) bond motifs is 1. The third kappa shape index (κ3) is 3.18. The molecular weight excluding hydrogens is 288 g/mol. The van der Waals surface area contributed by atoms with E-state index in [1.807, 2.05) is 61.5 Å². The fourth-order valence-corrected chi connectivity index (χ4v) is 2.42. The van der Waals surface area contributed by atoms with Crippen LogP contribution in [0.1, 0.15) is 23.1 Å². The molecule has 3 rings (SSSR count). The van der Waals surface area contributed by atoms with Crippen LogP contribution in [0.3, 0.4) is 0 Å². The number of nitrogens with zero attached hydrogens (tertiary/aromatic N) is 2. The second kappa shape index (κ2) is 6.12. The van der Waals surface area contributed by atoms with Crippen molar-refractivity contribution < 1.29 is 4.79 Å². The van der Waals surface area contributed by atoms with Gasteiger partial charge in [0.05, 0.1) is 11.0 Å². The summed E-state index contributed by atoms with van der Waals surface area (Å²) in [5.41, 5.74) is 4.30. The van der Waals surface area contributed by atoms with Crippen molar-refractivity contribution in [1.82, 2.24) is 9.97 Å². The normalized spacial score (nSPS) is 10.7. The van der Waals surface area contributed by atoms with E-state index in [1.54, 1.807) is 0 Å². The maximum absolute atomic E-state index is 12.3. The number of anilines is 2. The van der Waals surface area contributed by atoms with Crippen LogP contribution < -0.4 is 10.2 Å². The summed E-state index contributed by atoms with van der Waals surface area (Å²) in [6.45, 7) is 2.05. The van der Waals surface area contributed by atoms with E-state index < -0.39 is 0 Å². The van der Waals surface area contributed by atoms with E-state index in [1.165, 1.54) is 0 Å². The first-order valence-electron chi connectivity index (χ1n) is 7.64. The molecule has 1 heterocycles. The van der Waals surface area contributed by atoms with Gasteiger partial charge in [0.15, 0.2) is 0 Å². The highest BCUT2D eigenvalue weighted by atomic mass is 16.1. The molecule has 0 atom stereocenters. The number of imidazole rings is 1. The highest BCUT2D eigenvalue weighted by Crippen LogP contribution is 2.19. The van der Waals surface area contributed by atoms with Crippen LogP contribution in [0.4, 0.5) is 11.4 Å². The summed E-state index contributed by atoms with van der Waals surface area (Å²) >= 11 is 0. The molecule has 2 N–H and O–H groups in total. The van der Waals surface area contributed by atoms with Crippen LogP contribution in [0.5, 0.6) is 0 Å². The third-order valence-corrected chi connectivity index (χ3v) is 3.77. The van der Waals surface area contributed by atoms with Crippen LogP contribution in [0.2, 0.25) is 0 Å². The van der Waals surface area contributed by atoms with Gasteiger partial charge in [-0.15, -0.1) is 0 Å². The number of nitrogens with one attached hydrogen (secondary N) is 2. The molecule has 0 saturated heterocycles. The molecule has 3 aromatic rings. The van der Waals surface area contributed by atoms with Gasteiger partial charge in [0.1, 0.15) is 5.82 Å². The summed E-state index contributed by atoms with van der Waals surface area (Å²) in [6.07, 6.45) is 0.856. The van der Waals surface area contributed by atoms with Crippen LogP contribution in [-0.4, -0.2) is 30.0 Å². The van der Waals surface area contributed by atoms with E-state index in [9.17, 15) is 4.79 Å². The fourth-order valence-electron chi connectivity index (χ4n) is 2.42. The van der Waals surface area contributed by atoms with Crippen molar-refractivity contribution in [2.45, 2.75) is 13.3 Å². The predicted molar refractivity (Wildman–Crippen MR) is 94.2 cm³/mol. The Hall–Kier alpha value is -2.82. The second-order valence-corrected chi connectivity index (χ2v) is 5.66. The lowest BCUT2D eigenvalue weighted by Gasteiger charge is -2.12. The van der Waals surface area contributed by atoms with E-state index in [0.29, 0.717) is 5.56 Å². The minimum Gasteiger partial charge on any atom is -0.378 e. The minimum absolute atomic E-state index is 0.120. The number of H-pyrrole nitrogens is 1. The lowest BCUT2D eigenvalue weighted by molar-refractivity contribution is 0.102. The van der Waals surface area contributed by atoms with Crippen LogP contribution in [0.15, 0.2) is 42.5 Å². The largest absolute Gasteiger partial charge is 0.378 e. The number of amides is 1. The van der Waals surface area contributed by atoms with Crippen molar-refractivity contribution in [2.24, 2.45) is 0 Å². The SMILES string of the molecule is CCc1nc2ccc(NC(=O)c3ccc(N(C)C)cc3)cc2[nH]1. The van der Waals surface area contributed by atoms with Gasteiger partial charge >= 0.3 is 0 Å². The first kappa shape index (κ1) is 15.1. The van der Waals surface area contributed by atoms with Crippen molar-refractivity contribution in [3.8, 4) is 0 Å². The maximum Gasteiger partial charge on any atom is 0.255 e. The Morgan fingerprint density at radius 1 is 1.17 bits per heavy atom. The van der Waals surface area contributed by atoms with E-state index in [-0.39, 0.29) is 5.91 Å². The molecule has 23 heavy (non-hydrogen) atoms. The molecule has 118 valence electrons. The quantitative estimate of drug-likeness (QED) is 0.776. The molecular formula is C18H20N4O. The fraction of sp³-hybridized carbons (Fsp3) is 0.222. The van der Waals surface area contributed by atoms with E-state index in [2.05, 4.69) is 22.2 Å². The molecule has 0 aliphatic heterocycles. The first-order chi connectivity index (χ1) is 11.1. The van der Waals surface area contributed by atoms with E-state index >= 15 is 0 Å². The number of hydrogen-bond donors (Lipinski definition) is 2. The van der Waals surface area contributed by atoms with Gasteiger partial charge in [-0.05, 0) is 42.5 Å². The monoisotopic (exact) mass is 308 g/mol. The van der Waals surface area contributed by atoms with Crippen molar-refractivity contribution in [2.75, 3.05) is 24.3 Å². The topological polar surface area (TPSA) is 61.0 Å². The molecule has 0 radical (unpaired) electrons. The number of carbonyl (C=O) groups is 1. The Bertz CT molecular complexity index is 834. The molecule has 1 amide bonds. The Morgan fingerprint density at radius 3 is 2.57 bits per heavy atom. The Morgan fingerprint density at radius 2 is 1.91 bits per heavy atom. The number of aromatic nitrogens is 2. The van der Waals surface area contributed by atoms with Crippen molar-refractivity contribution >= 4 is 28.3 Å². The van der Waals surface area contributed by atoms with Crippen molar-refractivity contribution in [3.63, 3.8) is 0 Å². The van der Waals surface area contributed by atoms with Gasteiger partial charge in [0.2, 0.25) is 0 Å². The van der Waals surface area contributed by atoms with Crippen LogP contribution >= 0.6 is 0 Å². The molecule has 0 aliphatic carbocycles.